The second-order valence-electron chi connectivity index (χ2n) is 6.72. The summed E-state index contributed by atoms with van der Waals surface area (Å²) in [5, 5.41) is 3.37. The number of carbonyl (C=O) groups excluding carboxylic acids is 1. The summed E-state index contributed by atoms with van der Waals surface area (Å²) in [4.78, 5) is 14.6. The van der Waals surface area contributed by atoms with E-state index in [1.165, 1.54) is 10.6 Å². The minimum atomic E-state index is -3.15. The fourth-order valence-corrected chi connectivity index (χ4v) is 4.10. The third-order valence-electron chi connectivity index (χ3n) is 4.86. The van der Waals surface area contributed by atoms with Crippen LogP contribution in [0.5, 0.6) is 0 Å². The van der Waals surface area contributed by atoms with Gasteiger partial charge in [0.15, 0.2) is 0 Å². The van der Waals surface area contributed by atoms with Gasteiger partial charge in [0.2, 0.25) is 15.9 Å². The Bertz CT molecular complexity index is 476. The molecule has 0 spiro atoms. The van der Waals surface area contributed by atoms with Gasteiger partial charge in [0.05, 0.1) is 6.26 Å². The van der Waals surface area contributed by atoms with Crippen LogP contribution in [-0.2, 0) is 14.8 Å². The quantitative estimate of drug-likeness (QED) is 0.802. The van der Waals surface area contributed by atoms with E-state index in [0.717, 1.165) is 25.9 Å². The summed E-state index contributed by atoms with van der Waals surface area (Å²) in [7, 11) is -3.15. The standard InChI is InChI=1S/C14H27N3O3S/c1-14(2,12-5-4-6-15-11-12)13(18)16-7-9-17(10-8-16)21(3,19)20/h12,15H,4-11H2,1-3H3. The van der Waals surface area contributed by atoms with Gasteiger partial charge in [0.25, 0.3) is 0 Å². The Morgan fingerprint density at radius 2 is 1.81 bits per heavy atom. The van der Waals surface area contributed by atoms with Crippen LogP contribution < -0.4 is 5.32 Å². The molecule has 1 amide bonds. The smallest absolute Gasteiger partial charge is 0.228 e. The van der Waals surface area contributed by atoms with Gasteiger partial charge in [-0.2, -0.15) is 4.31 Å². The molecule has 0 aromatic heterocycles. The van der Waals surface area contributed by atoms with Crippen molar-refractivity contribution < 1.29 is 13.2 Å². The molecule has 0 saturated carbocycles. The van der Waals surface area contributed by atoms with Crippen molar-refractivity contribution in [1.29, 1.82) is 0 Å². The van der Waals surface area contributed by atoms with Crippen molar-refractivity contribution in [2.24, 2.45) is 11.3 Å². The van der Waals surface area contributed by atoms with Gasteiger partial charge < -0.3 is 10.2 Å². The SMILES string of the molecule is CC(C)(C(=O)N1CCN(S(C)(=O)=O)CC1)C1CCCNC1. The number of rotatable bonds is 3. The number of nitrogens with one attached hydrogen (secondary N) is 1. The summed E-state index contributed by atoms with van der Waals surface area (Å²) in [6, 6.07) is 0. The highest BCUT2D eigenvalue weighted by molar-refractivity contribution is 7.88. The van der Waals surface area contributed by atoms with E-state index in [9.17, 15) is 13.2 Å². The predicted octanol–water partition coefficient (Wildman–Crippen LogP) is 0.116. The van der Waals surface area contributed by atoms with Gasteiger partial charge in [0.1, 0.15) is 0 Å². The maximum atomic E-state index is 12.8. The second-order valence-corrected chi connectivity index (χ2v) is 8.70. The maximum absolute atomic E-state index is 12.8. The summed E-state index contributed by atoms with van der Waals surface area (Å²) in [6.07, 6.45) is 3.42. The van der Waals surface area contributed by atoms with Crippen LogP contribution in [-0.4, -0.2) is 69.1 Å². The number of piperazine rings is 1. The first-order valence-corrected chi connectivity index (χ1v) is 9.53. The van der Waals surface area contributed by atoms with Crippen LogP contribution >= 0.6 is 0 Å². The van der Waals surface area contributed by atoms with E-state index in [1.54, 1.807) is 0 Å². The van der Waals surface area contributed by atoms with Crippen molar-refractivity contribution in [2.45, 2.75) is 26.7 Å². The van der Waals surface area contributed by atoms with E-state index in [-0.39, 0.29) is 11.3 Å². The van der Waals surface area contributed by atoms with Crippen molar-refractivity contribution >= 4 is 15.9 Å². The van der Waals surface area contributed by atoms with Crippen LogP contribution in [0.1, 0.15) is 26.7 Å². The van der Waals surface area contributed by atoms with Crippen LogP contribution in [0.15, 0.2) is 0 Å². The first-order chi connectivity index (χ1) is 9.73. The lowest BCUT2D eigenvalue weighted by Gasteiger charge is -2.42. The van der Waals surface area contributed by atoms with Crippen LogP contribution in [0.3, 0.4) is 0 Å². The van der Waals surface area contributed by atoms with Crippen molar-refractivity contribution in [3.05, 3.63) is 0 Å². The Hall–Kier alpha value is -0.660. The normalized spacial score (nSPS) is 25.9. The fraction of sp³-hybridized carbons (Fsp3) is 0.929. The number of carbonyl (C=O) groups is 1. The van der Waals surface area contributed by atoms with Crippen LogP contribution in [0.4, 0.5) is 0 Å². The second kappa shape index (κ2) is 6.22. The predicted molar refractivity (Wildman–Crippen MR) is 82.4 cm³/mol. The molecule has 2 rings (SSSR count). The highest BCUT2D eigenvalue weighted by atomic mass is 32.2. The lowest BCUT2D eigenvalue weighted by atomic mass is 9.74. The molecule has 0 aromatic rings. The molecule has 1 N–H and O–H groups in total. The highest BCUT2D eigenvalue weighted by Gasteiger charge is 2.40. The Kier molecular flexibility index (Phi) is 4.95. The van der Waals surface area contributed by atoms with Gasteiger partial charge in [-0.25, -0.2) is 8.42 Å². The molecular weight excluding hydrogens is 290 g/mol. The molecule has 7 heteroatoms. The number of nitrogens with zero attached hydrogens (tertiary/aromatic N) is 2. The summed E-state index contributed by atoms with van der Waals surface area (Å²) in [5.74, 6) is 0.510. The lowest BCUT2D eigenvalue weighted by molar-refractivity contribution is -0.145. The van der Waals surface area contributed by atoms with Crippen LogP contribution in [0.2, 0.25) is 0 Å². The van der Waals surface area contributed by atoms with Gasteiger partial charge in [-0.15, -0.1) is 0 Å². The molecule has 2 saturated heterocycles. The van der Waals surface area contributed by atoms with E-state index in [0.29, 0.717) is 32.1 Å². The molecule has 1 unspecified atom stereocenters. The third-order valence-corrected chi connectivity index (χ3v) is 6.17. The molecule has 2 aliphatic heterocycles. The van der Waals surface area contributed by atoms with Gasteiger partial charge in [-0.05, 0) is 31.8 Å². The van der Waals surface area contributed by atoms with Crippen molar-refractivity contribution in [3.8, 4) is 0 Å². The van der Waals surface area contributed by atoms with E-state index in [2.05, 4.69) is 5.32 Å². The Morgan fingerprint density at radius 3 is 2.29 bits per heavy atom. The number of amides is 1. The molecule has 21 heavy (non-hydrogen) atoms. The van der Waals surface area contributed by atoms with Gasteiger partial charge in [-0.1, -0.05) is 13.8 Å². The molecule has 2 heterocycles. The zero-order chi connectivity index (χ0) is 15.7. The number of hydrogen-bond acceptors (Lipinski definition) is 4. The molecule has 122 valence electrons. The largest absolute Gasteiger partial charge is 0.340 e. The minimum absolute atomic E-state index is 0.157. The molecule has 1 atom stereocenters. The molecule has 0 bridgehead atoms. The number of sulfonamides is 1. The average molecular weight is 317 g/mol. The molecular formula is C14H27N3O3S. The Balaban J connectivity index is 1.97. The summed E-state index contributed by atoms with van der Waals surface area (Å²) in [5.41, 5.74) is -0.388. The molecule has 6 nitrogen and oxygen atoms in total. The van der Waals surface area contributed by atoms with E-state index < -0.39 is 10.0 Å². The summed E-state index contributed by atoms with van der Waals surface area (Å²) in [6.45, 7) is 7.78. The lowest BCUT2D eigenvalue weighted by Crippen LogP contribution is -2.55. The Labute approximate surface area is 127 Å². The van der Waals surface area contributed by atoms with Crippen molar-refractivity contribution in [3.63, 3.8) is 0 Å². The molecule has 2 aliphatic rings. The van der Waals surface area contributed by atoms with Crippen molar-refractivity contribution in [1.82, 2.24) is 14.5 Å². The molecule has 0 radical (unpaired) electrons. The van der Waals surface area contributed by atoms with Crippen LogP contribution in [0.25, 0.3) is 0 Å². The van der Waals surface area contributed by atoms with Crippen LogP contribution in [0, 0.1) is 11.3 Å². The van der Waals surface area contributed by atoms with E-state index in [4.69, 9.17) is 0 Å². The maximum Gasteiger partial charge on any atom is 0.228 e. The first kappa shape index (κ1) is 16.7. The topological polar surface area (TPSA) is 69.7 Å². The van der Waals surface area contributed by atoms with Gasteiger partial charge in [0, 0.05) is 31.6 Å². The van der Waals surface area contributed by atoms with Gasteiger partial charge in [-0.3, -0.25) is 4.79 Å². The first-order valence-electron chi connectivity index (χ1n) is 7.68. The molecule has 2 fully saturated rings. The summed E-state index contributed by atoms with van der Waals surface area (Å²) < 4.78 is 24.5. The van der Waals surface area contributed by atoms with Gasteiger partial charge >= 0.3 is 0 Å². The summed E-state index contributed by atoms with van der Waals surface area (Å²) >= 11 is 0. The molecule has 0 aromatic carbocycles. The number of piperidine rings is 1. The average Bonchev–Trinajstić information content (AvgIpc) is 2.46. The third kappa shape index (κ3) is 3.76. The zero-order valence-corrected chi connectivity index (χ0v) is 14.1. The Morgan fingerprint density at radius 1 is 1.19 bits per heavy atom. The highest BCUT2D eigenvalue weighted by Crippen LogP contribution is 2.34. The number of hydrogen-bond donors (Lipinski definition) is 1. The fourth-order valence-electron chi connectivity index (χ4n) is 3.27. The minimum Gasteiger partial charge on any atom is -0.340 e. The monoisotopic (exact) mass is 317 g/mol. The zero-order valence-electron chi connectivity index (χ0n) is 13.3. The van der Waals surface area contributed by atoms with E-state index >= 15 is 0 Å². The molecule has 0 aliphatic carbocycles. The van der Waals surface area contributed by atoms with E-state index in [1.807, 2.05) is 18.7 Å². The van der Waals surface area contributed by atoms with Crippen molar-refractivity contribution in [2.75, 3.05) is 45.5 Å².